The van der Waals surface area contributed by atoms with Gasteiger partial charge in [-0.1, -0.05) is 0 Å². The second-order valence-corrected chi connectivity index (χ2v) is 6.00. The van der Waals surface area contributed by atoms with Crippen LogP contribution in [0.15, 0.2) is 0 Å². The zero-order valence-corrected chi connectivity index (χ0v) is 11.1. The van der Waals surface area contributed by atoms with E-state index in [-0.39, 0.29) is 12.1 Å². The quantitative estimate of drug-likeness (QED) is 0.758. The lowest BCUT2D eigenvalue weighted by molar-refractivity contribution is 0.0196. The third-order valence-electron chi connectivity index (χ3n) is 3.86. The molecule has 4 nitrogen and oxygen atoms in total. The molecule has 0 aromatic carbocycles. The molecule has 2 N–H and O–H groups in total. The van der Waals surface area contributed by atoms with Gasteiger partial charge in [-0.15, -0.1) is 0 Å². The van der Waals surface area contributed by atoms with Crippen molar-refractivity contribution in [3.05, 3.63) is 0 Å². The first-order valence-electron chi connectivity index (χ1n) is 6.82. The van der Waals surface area contributed by atoms with Crippen molar-refractivity contribution in [3.8, 4) is 0 Å². The topological polar surface area (TPSA) is 44.7 Å². The van der Waals surface area contributed by atoms with Crippen molar-refractivity contribution in [1.29, 1.82) is 0 Å². The van der Waals surface area contributed by atoms with Gasteiger partial charge in [-0.05, 0) is 33.1 Å². The van der Waals surface area contributed by atoms with Crippen LogP contribution in [0.5, 0.6) is 0 Å². The van der Waals surface area contributed by atoms with Gasteiger partial charge in [0.1, 0.15) is 0 Å². The molecule has 2 rings (SSSR count). The summed E-state index contributed by atoms with van der Waals surface area (Å²) in [7, 11) is 0. The van der Waals surface area contributed by atoms with E-state index in [4.69, 9.17) is 9.84 Å². The lowest BCUT2D eigenvalue weighted by atomic mass is 9.97. The minimum atomic E-state index is 0.171. The summed E-state index contributed by atoms with van der Waals surface area (Å²) >= 11 is 0. The molecule has 0 aromatic heterocycles. The summed E-state index contributed by atoms with van der Waals surface area (Å²) in [6.07, 6.45) is 3.65. The number of ether oxygens (including phenoxy) is 1. The van der Waals surface area contributed by atoms with Crippen molar-refractivity contribution in [2.45, 2.75) is 50.8 Å². The van der Waals surface area contributed by atoms with Gasteiger partial charge in [-0.25, -0.2) is 0 Å². The summed E-state index contributed by atoms with van der Waals surface area (Å²) in [5, 5.41) is 12.7. The minimum absolute atomic E-state index is 0.171. The Labute approximate surface area is 104 Å². The predicted octanol–water partition coefficient (Wildman–Crippen LogP) is 0.600. The largest absolute Gasteiger partial charge is 0.396 e. The number of nitrogens with zero attached hydrogens (tertiary/aromatic N) is 1. The van der Waals surface area contributed by atoms with Crippen LogP contribution in [0.4, 0.5) is 0 Å². The molecule has 0 radical (unpaired) electrons. The first-order chi connectivity index (χ1) is 8.11. The fraction of sp³-hybridized carbons (Fsp3) is 1.00. The first-order valence-corrected chi connectivity index (χ1v) is 6.82. The van der Waals surface area contributed by atoms with E-state index >= 15 is 0 Å². The van der Waals surface area contributed by atoms with Gasteiger partial charge in [-0.2, -0.15) is 0 Å². The van der Waals surface area contributed by atoms with Crippen molar-refractivity contribution in [2.75, 3.05) is 32.8 Å². The van der Waals surface area contributed by atoms with Gasteiger partial charge in [0.05, 0.1) is 6.10 Å². The second-order valence-electron chi connectivity index (χ2n) is 6.00. The van der Waals surface area contributed by atoms with Crippen molar-refractivity contribution >= 4 is 0 Å². The zero-order valence-electron chi connectivity index (χ0n) is 11.1. The number of hydrogen-bond donors (Lipinski definition) is 2. The SMILES string of the molecule is CC1(C)CN(CC2CCCO2)C(CCO)CN1. The van der Waals surface area contributed by atoms with E-state index in [1.54, 1.807) is 0 Å². The van der Waals surface area contributed by atoms with Crippen molar-refractivity contribution in [2.24, 2.45) is 0 Å². The van der Waals surface area contributed by atoms with E-state index < -0.39 is 0 Å². The van der Waals surface area contributed by atoms with Crippen LogP contribution in [0.2, 0.25) is 0 Å². The van der Waals surface area contributed by atoms with Crippen LogP contribution in [-0.4, -0.2) is 60.5 Å². The third kappa shape index (κ3) is 3.65. The van der Waals surface area contributed by atoms with Gasteiger partial charge >= 0.3 is 0 Å². The first kappa shape index (κ1) is 13.3. The van der Waals surface area contributed by atoms with Crippen LogP contribution >= 0.6 is 0 Å². The zero-order chi connectivity index (χ0) is 12.3. The van der Waals surface area contributed by atoms with Crippen molar-refractivity contribution in [3.63, 3.8) is 0 Å². The number of nitrogens with one attached hydrogen (secondary N) is 1. The Morgan fingerprint density at radius 2 is 2.29 bits per heavy atom. The summed E-state index contributed by atoms with van der Waals surface area (Å²) in [4.78, 5) is 2.50. The Hall–Kier alpha value is -0.160. The van der Waals surface area contributed by atoms with Crippen LogP contribution < -0.4 is 5.32 Å². The van der Waals surface area contributed by atoms with Gasteiger partial charge in [0, 0.05) is 44.4 Å². The molecular weight excluding hydrogens is 216 g/mol. The number of aliphatic hydroxyl groups is 1. The molecule has 0 bridgehead atoms. The van der Waals surface area contributed by atoms with Gasteiger partial charge in [-0.3, -0.25) is 4.90 Å². The fourth-order valence-electron chi connectivity index (χ4n) is 2.91. The molecule has 2 aliphatic heterocycles. The number of rotatable bonds is 4. The smallest absolute Gasteiger partial charge is 0.0702 e. The molecule has 2 unspecified atom stereocenters. The van der Waals surface area contributed by atoms with E-state index in [1.807, 2.05) is 0 Å². The third-order valence-corrected chi connectivity index (χ3v) is 3.86. The molecule has 2 saturated heterocycles. The molecule has 17 heavy (non-hydrogen) atoms. The highest BCUT2D eigenvalue weighted by Gasteiger charge is 2.33. The highest BCUT2D eigenvalue weighted by Crippen LogP contribution is 2.21. The molecule has 4 heteroatoms. The standard InChI is InChI=1S/C13H26N2O2/c1-13(2)10-15(9-12-4-3-7-17-12)11(5-6-16)8-14-13/h11-12,14,16H,3-10H2,1-2H3. The van der Waals surface area contributed by atoms with Crippen molar-refractivity contribution in [1.82, 2.24) is 10.2 Å². The van der Waals surface area contributed by atoms with Gasteiger partial charge in [0.25, 0.3) is 0 Å². The highest BCUT2D eigenvalue weighted by atomic mass is 16.5. The number of hydrogen-bond acceptors (Lipinski definition) is 4. The van der Waals surface area contributed by atoms with E-state index in [1.165, 1.54) is 12.8 Å². The Balaban J connectivity index is 1.92. The average molecular weight is 242 g/mol. The van der Waals surface area contributed by atoms with Gasteiger partial charge in [0.15, 0.2) is 0 Å². The Morgan fingerprint density at radius 1 is 1.47 bits per heavy atom. The highest BCUT2D eigenvalue weighted by molar-refractivity contribution is 4.93. The molecule has 0 saturated carbocycles. The van der Waals surface area contributed by atoms with Crippen LogP contribution in [0.25, 0.3) is 0 Å². The predicted molar refractivity (Wildman–Crippen MR) is 68.1 cm³/mol. The summed E-state index contributed by atoms with van der Waals surface area (Å²) in [6, 6.07) is 0.456. The van der Waals surface area contributed by atoms with E-state index in [0.717, 1.165) is 32.7 Å². The maximum Gasteiger partial charge on any atom is 0.0702 e. The van der Waals surface area contributed by atoms with Crippen LogP contribution in [0.1, 0.15) is 33.1 Å². The molecule has 2 heterocycles. The molecule has 0 aromatic rings. The summed E-state index contributed by atoms with van der Waals surface area (Å²) in [5.74, 6) is 0. The van der Waals surface area contributed by atoms with E-state index in [2.05, 4.69) is 24.1 Å². The lowest BCUT2D eigenvalue weighted by Gasteiger charge is -2.45. The fourth-order valence-corrected chi connectivity index (χ4v) is 2.91. The lowest BCUT2D eigenvalue weighted by Crippen LogP contribution is -2.62. The minimum Gasteiger partial charge on any atom is -0.396 e. The average Bonchev–Trinajstić information content (AvgIpc) is 2.74. The molecule has 0 spiro atoms. The molecular formula is C13H26N2O2. The second kappa shape index (κ2) is 5.65. The van der Waals surface area contributed by atoms with Crippen molar-refractivity contribution < 1.29 is 9.84 Å². The summed E-state index contributed by atoms with van der Waals surface area (Å²) < 4.78 is 5.73. The Kier molecular flexibility index (Phi) is 4.42. The normalized spacial score (nSPS) is 34.1. The molecule has 2 fully saturated rings. The molecule has 2 atom stereocenters. The number of aliphatic hydroxyl groups excluding tert-OH is 1. The Bertz CT molecular complexity index is 240. The van der Waals surface area contributed by atoms with Crippen LogP contribution in [-0.2, 0) is 4.74 Å². The monoisotopic (exact) mass is 242 g/mol. The molecule has 0 aliphatic carbocycles. The Morgan fingerprint density at radius 3 is 2.94 bits per heavy atom. The summed E-state index contributed by atoms with van der Waals surface area (Å²) in [6.45, 7) is 8.71. The van der Waals surface area contributed by atoms with E-state index in [0.29, 0.717) is 12.1 Å². The van der Waals surface area contributed by atoms with Crippen LogP contribution in [0.3, 0.4) is 0 Å². The van der Waals surface area contributed by atoms with E-state index in [9.17, 15) is 0 Å². The molecule has 0 amide bonds. The van der Waals surface area contributed by atoms with Gasteiger partial charge < -0.3 is 15.2 Å². The molecule has 2 aliphatic rings. The van der Waals surface area contributed by atoms with Gasteiger partial charge in [0.2, 0.25) is 0 Å². The number of piperazine rings is 1. The summed E-state index contributed by atoms with van der Waals surface area (Å²) in [5.41, 5.74) is 0.171. The maximum atomic E-state index is 9.14. The maximum absolute atomic E-state index is 9.14. The van der Waals surface area contributed by atoms with Crippen LogP contribution in [0, 0.1) is 0 Å². The molecule has 100 valence electrons.